The molecule has 0 saturated heterocycles. The molecule has 0 fully saturated rings. The van der Waals surface area contributed by atoms with Gasteiger partial charge in [-0.2, -0.15) is 5.26 Å². The minimum absolute atomic E-state index is 0.132. The highest BCUT2D eigenvalue weighted by Gasteiger charge is 2.07. The van der Waals surface area contributed by atoms with Gasteiger partial charge in [0.1, 0.15) is 11.6 Å². The first-order valence-electron chi connectivity index (χ1n) is 8.33. The first-order valence-corrected chi connectivity index (χ1v) is 8.33. The topological polar surface area (TPSA) is 119 Å². The highest BCUT2D eigenvalue weighted by atomic mass is 16.4. The number of carbonyl (C=O) groups is 3. The summed E-state index contributed by atoms with van der Waals surface area (Å²) >= 11 is 0. The Balaban J connectivity index is 3.03. The van der Waals surface area contributed by atoms with Crippen LogP contribution in [0.3, 0.4) is 0 Å². The van der Waals surface area contributed by atoms with Gasteiger partial charge in [0.25, 0.3) is 0 Å². The Morgan fingerprint density at radius 3 is 2.33 bits per heavy atom. The van der Waals surface area contributed by atoms with Crippen molar-refractivity contribution in [3.8, 4) is 6.07 Å². The molecule has 140 valence electrons. The molecule has 7 heteroatoms. The summed E-state index contributed by atoms with van der Waals surface area (Å²) in [5.74, 6) is -1.59. The molecule has 0 unspecified atom stereocenters. The van der Waals surface area contributed by atoms with E-state index in [1.807, 2.05) is 0 Å². The SMILES string of the molecule is CCC(=O)Nc1ccc(C=CC=CC=C(C#N)C(=O)O)c(NC(=O)CC)c1. The molecule has 0 aromatic heterocycles. The summed E-state index contributed by atoms with van der Waals surface area (Å²) in [7, 11) is 0. The van der Waals surface area contributed by atoms with Crippen molar-refractivity contribution in [3.63, 3.8) is 0 Å². The second-order valence-electron chi connectivity index (χ2n) is 5.35. The fourth-order valence-corrected chi connectivity index (χ4v) is 1.91. The number of nitriles is 1. The third kappa shape index (κ3) is 7.40. The minimum atomic E-state index is -1.29. The van der Waals surface area contributed by atoms with Gasteiger partial charge in [0.05, 0.1) is 5.69 Å². The number of benzene rings is 1. The molecule has 7 nitrogen and oxygen atoms in total. The van der Waals surface area contributed by atoms with Crippen LogP contribution in [0.15, 0.2) is 48.1 Å². The van der Waals surface area contributed by atoms with Crippen molar-refractivity contribution >= 4 is 35.2 Å². The fourth-order valence-electron chi connectivity index (χ4n) is 1.91. The Hall–Kier alpha value is -3.66. The predicted molar refractivity (Wildman–Crippen MR) is 104 cm³/mol. The molecule has 1 aromatic rings. The van der Waals surface area contributed by atoms with Crippen molar-refractivity contribution in [1.29, 1.82) is 5.26 Å². The number of hydrogen-bond acceptors (Lipinski definition) is 4. The Morgan fingerprint density at radius 2 is 1.74 bits per heavy atom. The number of nitrogens with zero attached hydrogens (tertiary/aromatic N) is 1. The van der Waals surface area contributed by atoms with Crippen LogP contribution in [0.5, 0.6) is 0 Å². The zero-order valence-electron chi connectivity index (χ0n) is 15.2. The van der Waals surface area contributed by atoms with Crippen LogP contribution < -0.4 is 10.6 Å². The number of amides is 2. The molecule has 0 aliphatic heterocycles. The molecule has 2 amide bonds. The number of carbonyl (C=O) groups excluding carboxylic acids is 2. The summed E-state index contributed by atoms with van der Waals surface area (Å²) in [6, 6.07) is 6.71. The number of aliphatic carboxylic acids is 1. The van der Waals surface area contributed by atoms with Crippen LogP contribution in [-0.2, 0) is 14.4 Å². The van der Waals surface area contributed by atoms with Crippen molar-refractivity contribution in [3.05, 3.63) is 53.6 Å². The van der Waals surface area contributed by atoms with Crippen molar-refractivity contribution < 1.29 is 19.5 Å². The van der Waals surface area contributed by atoms with E-state index in [-0.39, 0.29) is 17.4 Å². The Morgan fingerprint density at radius 1 is 1.07 bits per heavy atom. The molecule has 1 aromatic carbocycles. The fraction of sp³-hybridized carbons (Fsp3) is 0.200. The van der Waals surface area contributed by atoms with Crippen LogP contribution in [-0.4, -0.2) is 22.9 Å². The lowest BCUT2D eigenvalue weighted by Gasteiger charge is -2.11. The Bertz CT molecular complexity index is 845. The van der Waals surface area contributed by atoms with Crippen LogP contribution in [0, 0.1) is 11.3 Å². The van der Waals surface area contributed by atoms with Crippen molar-refractivity contribution in [2.24, 2.45) is 0 Å². The van der Waals surface area contributed by atoms with Crippen LogP contribution in [0.4, 0.5) is 11.4 Å². The number of nitrogens with one attached hydrogen (secondary N) is 2. The Kier molecular flexibility index (Phi) is 8.75. The van der Waals surface area contributed by atoms with E-state index in [9.17, 15) is 14.4 Å². The lowest BCUT2D eigenvalue weighted by Crippen LogP contribution is -2.12. The summed E-state index contributed by atoms with van der Waals surface area (Å²) in [6.07, 6.45) is 8.21. The molecule has 0 aliphatic rings. The van der Waals surface area contributed by atoms with Gasteiger partial charge in [0.15, 0.2) is 0 Å². The van der Waals surface area contributed by atoms with Crippen molar-refractivity contribution in [1.82, 2.24) is 0 Å². The smallest absolute Gasteiger partial charge is 0.346 e. The highest BCUT2D eigenvalue weighted by Crippen LogP contribution is 2.23. The number of anilines is 2. The van der Waals surface area contributed by atoms with Gasteiger partial charge in [0.2, 0.25) is 11.8 Å². The first kappa shape index (κ1) is 21.4. The lowest BCUT2D eigenvalue weighted by atomic mass is 10.1. The summed E-state index contributed by atoms with van der Waals surface area (Å²) in [5, 5.41) is 22.9. The predicted octanol–water partition coefficient (Wildman–Crippen LogP) is 3.49. The normalized spacial score (nSPS) is 11.4. The average Bonchev–Trinajstić information content (AvgIpc) is 2.65. The molecular formula is C20H21N3O4. The van der Waals surface area contributed by atoms with Gasteiger partial charge >= 0.3 is 5.97 Å². The largest absolute Gasteiger partial charge is 0.477 e. The van der Waals surface area contributed by atoms with E-state index < -0.39 is 5.97 Å². The second-order valence-corrected chi connectivity index (χ2v) is 5.35. The number of allylic oxidation sites excluding steroid dienone is 4. The standard InChI is InChI=1S/C20H21N3O4/c1-3-18(24)22-16-11-10-14(17(12-16)23-19(25)4-2)8-6-5-7-9-15(13-21)20(26)27/h5-12H,3-4H2,1-2H3,(H,22,24)(H,23,25)(H,26,27). The monoisotopic (exact) mass is 367 g/mol. The highest BCUT2D eigenvalue weighted by molar-refractivity contribution is 5.96. The van der Waals surface area contributed by atoms with E-state index in [2.05, 4.69) is 10.6 Å². The first-order chi connectivity index (χ1) is 12.9. The van der Waals surface area contributed by atoms with E-state index in [0.717, 1.165) is 0 Å². The van der Waals surface area contributed by atoms with Gasteiger partial charge in [-0.3, -0.25) is 9.59 Å². The average molecular weight is 367 g/mol. The molecule has 0 radical (unpaired) electrons. The zero-order chi connectivity index (χ0) is 20.2. The van der Waals surface area contributed by atoms with E-state index >= 15 is 0 Å². The molecule has 0 spiro atoms. The van der Waals surface area contributed by atoms with E-state index in [4.69, 9.17) is 10.4 Å². The van der Waals surface area contributed by atoms with E-state index in [1.54, 1.807) is 56.3 Å². The van der Waals surface area contributed by atoms with E-state index in [1.165, 1.54) is 12.2 Å². The number of hydrogen-bond donors (Lipinski definition) is 3. The van der Waals surface area contributed by atoms with Crippen LogP contribution in [0.25, 0.3) is 6.08 Å². The van der Waals surface area contributed by atoms with Gasteiger partial charge in [-0.15, -0.1) is 0 Å². The molecule has 0 bridgehead atoms. The van der Waals surface area contributed by atoms with Gasteiger partial charge in [0, 0.05) is 18.5 Å². The third-order valence-corrected chi connectivity index (χ3v) is 3.37. The number of rotatable bonds is 8. The second kappa shape index (κ2) is 11.1. The lowest BCUT2D eigenvalue weighted by molar-refractivity contribution is -0.132. The van der Waals surface area contributed by atoms with Crippen molar-refractivity contribution in [2.45, 2.75) is 26.7 Å². The number of carboxylic acids is 1. The summed E-state index contributed by atoms with van der Waals surface area (Å²) < 4.78 is 0. The summed E-state index contributed by atoms with van der Waals surface area (Å²) in [6.45, 7) is 3.48. The molecule has 1 rings (SSSR count). The van der Waals surface area contributed by atoms with Crippen LogP contribution in [0.1, 0.15) is 32.3 Å². The van der Waals surface area contributed by atoms with E-state index in [0.29, 0.717) is 29.8 Å². The summed E-state index contributed by atoms with van der Waals surface area (Å²) in [4.78, 5) is 34.0. The Labute approximate surface area is 157 Å². The molecule has 0 aliphatic carbocycles. The van der Waals surface area contributed by atoms with Crippen molar-refractivity contribution in [2.75, 3.05) is 10.6 Å². The van der Waals surface area contributed by atoms with Crippen LogP contribution >= 0.6 is 0 Å². The maximum Gasteiger partial charge on any atom is 0.346 e. The van der Waals surface area contributed by atoms with Gasteiger partial charge in [-0.1, -0.05) is 44.2 Å². The van der Waals surface area contributed by atoms with Gasteiger partial charge < -0.3 is 15.7 Å². The molecule has 3 N–H and O–H groups in total. The number of carboxylic acid groups (broad SMARTS) is 1. The third-order valence-electron chi connectivity index (χ3n) is 3.37. The minimum Gasteiger partial charge on any atom is -0.477 e. The molecule has 27 heavy (non-hydrogen) atoms. The zero-order valence-corrected chi connectivity index (χ0v) is 15.2. The summed E-state index contributed by atoms with van der Waals surface area (Å²) in [5.41, 5.74) is 1.45. The quantitative estimate of drug-likeness (QED) is 0.369. The maximum atomic E-state index is 11.7. The molecular weight excluding hydrogens is 346 g/mol. The molecule has 0 heterocycles. The van der Waals surface area contributed by atoms with Gasteiger partial charge in [-0.05, 0) is 23.8 Å². The maximum absolute atomic E-state index is 11.7. The van der Waals surface area contributed by atoms with Gasteiger partial charge in [-0.25, -0.2) is 4.79 Å². The molecule has 0 saturated carbocycles. The molecule has 0 atom stereocenters. The van der Waals surface area contributed by atoms with Crippen LogP contribution in [0.2, 0.25) is 0 Å².